The van der Waals surface area contributed by atoms with Gasteiger partial charge in [0.15, 0.2) is 0 Å². The predicted molar refractivity (Wildman–Crippen MR) is 65.2 cm³/mol. The predicted octanol–water partition coefficient (Wildman–Crippen LogP) is 2.71. The summed E-state index contributed by atoms with van der Waals surface area (Å²) < 4.78 is 15.1. The summed E-state index contributed by atoms with van der Waals surface area (Å²) in [7, 11) is 0. The number of rotatable bonds is 4. The van der Waals surface area contributed by atoms with Crippen molar-refractivity contribution < 1.29 is 9.18 Å². The highest BCUT2D eigenvalue weighted by Crippen LogP contribution is 2.17. The quantitative estimate of drug-likeness (QED) is 0.800. The average Bonchev–Trinajstić information content (AvgIpc) is 2.77. The first-order chi connectivity index (χ1) is 8.63. The third-order valence-electron chi connectivity index (χ3n) is 2.46. The summed E-state index contributed by atoms with van der Waals surface area (Å²) in [6.45, 7) is 2.52. The second kappa shape index (κ2) is 5.27. The normalized spacial score (nSPS) is 10.6. The van der Waals surface area contributed by atoms with Crippen molar-refractivity contribution in [2.24, 2.45) is 0 Å². The summed E-state index contributed by atoms with van der Waals surface area (Å²) in [6.07, 6.45) is 2.15. The molecule has 1 aromatic carbocycles. The Bertz CT molecular complexity index is 582. The van der Waals surface area contributed by atoms with E-state index >= 15 is 0 Å². The number of aryl methyl sites for hydroxylation is 1. The van der Waals surface area contributed by atoms with Gasteiger partial charge >= 0.3 is 0 Å². The molecule has 0 bridgehead atoms. The number of carbonyl (C=O) groups is 1. The van der Waals surface area contributed by atoms with Gasteiger partial charge in [-0.3, -0.25) is 4.79 Å². The number of halogens is 2. The van der Waals surface area contributed by atoms with Crippen LogP contribution in [-0.2, 0) is 6.54 Å². The van der Waals surface area contributed by atoms with Crippen LogP contribution >= 0.6 is 11.6 Å². The Morgan fingerprint density at radius 2 is 2.28 bits per heavy atom. The maximum Gasteiger partial charge on any atom is 0.215 e. The Labute approximate surface area is 108 Å². The fraction of sp³-hybridized carbons (Fsp3) is 0.250. The molecule has 2 rings (SSSR count). The van der Waals surface area contributed by atoms with Crippen LogP contribution in [0, 0.1) is 5.82 Å². The lowest BCUT2D eigenvalue weighted by atomic mass is 10.1. The molecule has 2 aromatic rings. The summed E-state index contributed by atoms with van der Waals surface area (Å²) in [5.74, 6) is -1.08. The van der Waals surface area contributed by atoms with Crippen molar-refractivity contribution in [1.82, 2.24) is 15.0 Å². The van der Waals surface area contributed by atoms with Crippen LogP contribution in [-0.4, -0.2) is 20.8 Å². The Balaban J connectivity index is 2.38. The van der Waals surface area contributed by atoms with Gasteiger partial charge < -0.3 is 0 Å². The van der Waals surface area contributed by atoms with Crippen molar-refractivity contribution >= 4 is 17.4 Å². The molecule has 1 heterocycles. The Morgan fingerprint density at radius 3 is 2.94 bits per heavy atom. The zero-order valence-corrected chi connectivity index (χ0v) is 10.5. The smallest absolute Gasteiger partial charge is 0.215 e. The van der Waals surface area contributed by atoms with E-state index in [0.29, 0.717) is 6.54 Å². The van der Waals surface area contributed by atoms with Crippen LogP contribution in [0.3, 0.4) is 0 Å². The Kier molecular flexibility index (Phi) is 3.72. The van der Waals surface area contributed by atoms with E-state index in [1.807, 2.05) is 6.92 Å². The number of nitrogens with zero attached hydrogens (tertiary/aromatic N) is 3. The molecule has 94 valence electrons. The van der Waals surface area contributed by atoms with Crippen LogP contribution in [0.5, 0.6) is 0 Å². The third kappa shape index (κ3) is 2.41. The number of carbonyl (C=O) groups excluding carboxylic acids is 1. The fourth-order valence-corrected chi connectivity index (χ4v) is 1.78. The molecule has 0 atom stereocenters. The SMILES string of the molecule is CCCn1nncc1C(=O)c1ccc(Cl)cc1F. The van der Waals surface area contributed by atoms with Crippen molar-refractivity contribution in [3.8, 4) is 0 Å². The van der Waals surface area contributed by atoms with E-state index in [-0.39, 0.29) is 16.3 Å². The highest BCUT2D eigenvalue weighted by atomic mass is 35.5. The standard InChI is InChI=1S/C12H11ClFN3O/c1-2-5-17-11(7-15-16-17)12(18)9-4-3-8(13)6-10(9)14/h3-4,6-7H,2,5H2,1H3. The van der Waals surface area contributed by atoms with Crippen LogP contribution < -0.4 is 0 Å². The molecule has 4 nitrogen and oxygen atoms in total. The van der Waals surface area contributed by atoms with Gasteiger partial charge in [0, 0.05) is 11.6 Å². The molecule has 0 aliphatic carbocycles. The van der Waals surface area contributed by atoms with Gasteiger partial charge in [-0.2, -0.15) is 0 Å². The molecule has 0 aliphatic rings. The molecule has 0 spiro atoms. The van der Waals surface area contributed by atoms with Crippen molar-refractivity contribution in [3.63, 3.8) is 0 Å². The van der Waals surface area contributed by atoms with Gasteiger partial charge in [0.1, 0.15) is 11.5 Å². The first kappa shape index (κ1) is 12.7. The summed E-state index contributed by atoms with van der Waals surface area (Å²) >= 11 is 5.65. The monoisotopic (exact) mass is 267 g/mol. The molecule has 1 aromatic heterocycles. The maximum absolute atomic E-state index is 13.7. The largest absolute Gasteiger partial charge is 0.287 e. The van der Waals surface area contributed by atoms with E-state index in [1.54, 1.807) is 0 Å². The molecule has 0 unspecified atom stereocenters. The number of ketones is 1. The number of benzene rings is 1. The molecule has 6 heteroatoms. The second-order valence-corrected chi connectivity index (χ2v) is 4.23. The van der Waals surface area contributed by atoms with E-state index in [4.69, 9.17) is 11.6 Å². The van der Waals surface area contributed by atoms with E-state index in [1.165, 1.54) is 23.0 Å². The lowest BCUT2D eigenvalue weighted by Crippen LogP contribution is -2.12. The van der Waals surface area contributed by atoms with Crippen LogP contribution in [0.1, 0.15) is 29.4 Å². The molecule has 0 amide bonds. The highest BCUT2D eigenvalue weighted by Gasteiger charge is 2.18. The van der Waals surface area contributed by atoms with Crippen molar-refractivity contribution in [2.45, 2.75) is 19.9 Å². The molecule has 0 saturated carbocycles. The zero-order valence-electron chi connectivity index (χ0n) is 9.73. The van der Waals surface area contributed by atoms with E-state index in [9.17, 15) is 9.18 Å². The minimum Gasteiger partial charge on any atom is -0.287 e. The minimum atomic E-state index is -0.642. The second-order valence-electron chi connectivity index (χ2n) is 3.80. The highest BCUT2D eigenvalue weighted by molar-refractivity contribution is 6.30. The number of hydrogen-bond acceptors (Lipinski definition) is 3. The van der Waals surface area contributed by atoms with Gasteiger partial charge in [-0.05, 0) is 24.6 Å². The molecule has 0 N–H and O–H groups in total. The van der Waals surface area contributed by atoms with Crippen LogP contribution in [0.2, 0.25) is 5.02 Å². The fourth-order valence-electron chi connectivity index (χ4n) is 1.62. The summed E-state index contributed by atoms with van der Waals surface area (Å²) in [5.41, 5.74) is 0.247. The van der Waals surface area contributed by atoms with Crippen LogP contribution in [0.25, 0.3) is 0 Å². The first-order valence-corrected chi connectivity index (χ1v) is 5.89. The van der Waals surface area contributed by atoms with Gasteiger partial charge in [-0.1, -0.05) is 23.7 Å². The van der Waals surface area contributed by atoms with E-state index in [0.717, 1.165) is 12.5 Å². The topological polar surface area (TPSA) is 47.8 Å². The maximum atomic E-state index is 13.7. The summed E-state index contributed by atoms with van der Waals surface area (Å²) in [4.78, 5) is 12.2. The van der Waals surface area contributed by atoms with E-state index in [2.05, 4.69) is 10.3 Å². The number of hydrogen-bond donors (Lipinski definition) is 0. The lowest BCUT2D eigenvalue weighted by Gasteiger charge is -2.05. The van der Waals surface area contributed by atoms with Crippen molar-refractivity contribution in [3.05, 3.63) is 46.5 Å². The molecular formula is C12H11ClFN3O. The Hall–Kier alpha value is -1.75. The van der Waals surface area contributed by atoms with Gasteiger partial charge in [0.2, 0.25) is 5.78 Å². The van der Waals surface area contributed by atoms with Gasteiger partial charge in [-0.15, -0.1) is 5.10 Å². The van der Waals surface area contributed by atoms with Crippen molar-refractivity contribution in [2.75, 3.05) is 0 Å². The Morgan fingerprint density at radius 1 is 1.50 bits per heavy atom. The zero-order chi connectivity index (χ0) is 13.1. The lowest BCUT2D eigenvalue weighted by molar-refractivity contribution is 0.102. The molecular weight excluding hydrogens is 257 g/mol. The first-order valence-electron chi connectivity index (χ1n) is 5.51. The van der Waals surface area contributed by atoms with Gasteiger partial charge in [-0.25, -0.2) is 9.07 Å². The van der Waals surface area contributed by atoms with Gasteiger partial charge in [0.25, 0.3) is 0 Å². The molecule has 18 heavy (non-hydrogen) atoms. The molecule has 0 fully saturated rings. The summed E-state index contributed by atoms with van der Waals surface area (Å²) in [6, 6.07) is 3.96. The van der Waals surface area contributed by atoms with Crippen LogP contribution in [0.15, 0.2) is 24.4 Å². The van der Waals surface area contributed by atoms with Crippen LogP contribution in [0.4, 0.5) is 4.39 Å². The molecule has 0 saturated heterocycles. The molecule has 0 radical (unpaired) electrons. The summed E-state index contributed by atoms with van der Waals surface area (Å²) in [5, 5.41) is 7.73. The van der Waals surface area contributed by atoms with Crippen molar-refractivity contribution in [1.29, 1.82) is 0 Å². The molecule has 0 aliphatic heterocycles. The van der Waals surface area contributed by atoms with Gasteiger partial charge in [0.05, 0.1) is 11.8 Å². The number of aromatic nitrogens is 3. The average molecular weight is 268 g/mol. The third-order valence-corrected chi connectivity index (χ3v) is 2.70. The minimum absolute atomic E-state index is 0.0287. The van der Waals surface area contributed by atoms with E-state index < -0.39 is 11.6 Å².